The lowest BCUT2D eigenvalue weighted by Crippen LogP contribution is -2.05. The molecule has 30 heavy (non-hydrogen) atoms. The Labute approximate surface area is 175 Å². The Bertz CT molecular complexity index is 1200. The third kappa shape index (κ3) is 4.31. The number of hydrogen-bond donors (Lipinski definition) is 1. The van der Waals surface area contributed by atoms with E-state index < -0.39 is 11.7 Å². The molecule has 0 fully saturated rings. The van der Waals surface area contributed by atoms with Crippen molar-refractivity contribution in [1.29, 1.82) is 0 Å². The number of fused-ring (bicyclic) bond motifs is 1. The molecule has 0 bridgehead atoms. The van der Waals surface area contributed by atoms with Crippen molar-refractivity contribution in [2.45, 2.75) is 12.7 Å². The zero-order chi connectivity index (χ0) is 21.1. The van der Waals surface area contributed by atoms with Crippen LogP contribution >= 0.6 is 11.6 Å². The number of benzene rings is 2. The van der Waals surface area contributed by atoms with E-state index in [0.29, 0.717) is 11.6 Å². The minimum absolute atomic E-state index is 0.221. The van der Waals surface area contributed by atoms with E-state index >= 15 is 0 Å². The van der Waals surface area contributed by atoms with Crippen LogP contribution in [-0.4, -0.2) is 15.8 Å². The molecule has 152 valence electrons. The van der Waals surface area contributed by atoms with E-state index in [2.05, 4.69) is 20.1 Å². The molecule has 2 aromatic carbocycles. The number of rotatable bonds is 5. The lowest BCUT2D eigenvalue weighted by atomic mass is 10.2. The van der Waals surface area contributed by atoms with E-state index in [1.807, 2.05) is 54.7 Å². The topological polar surface area (TPSA) is 42.2 Å². The van der Waals surface area contributed by atoms with Gasteiger partial charge in [-0.05, 0) is 29.8 Å². The van der Waals surface area contributed by atoms with Gasteiger partial charge in [-0.3, -0.25) is 5.43 Å². The van der Waals surface area contributed by atoms with Crippen LogP contribution in [-0.2, 0) is 12.7 Å². The molecule has 4 nitrogen and oxygen atoms in total. The van der Waals surface area contributed by atoms with Crippen LogP contribution in [0.25, 0.3) is 10.9 Å². The predicted octanol–water partition coefficient (Wildman–Crippen LogP) is 6.20. The second-order valence-corrected chi connectivity index (χ2v) is 7.03. The fraction of sp³-hybridized carbons (Fsp3) is 0.0909. The van der Waals surface area contributed by atoms with Crippen molar-refractivity contribution in [1.82, 2.24) is 9.55 Å². The first-order valence-electron chi connectivity index (χ1n) is 9.05. The van der Waals surface area contributed by atoms with Crippen molar-refractivity contribution in [2.24, 2.45) is 5.10 Å². The SMILES string of the molecule is FC(F)(F)c1ccc(N/N=C\c2cn(Cc3ccccc3Cl)c3ccccc23)nc1. The first-order valence-corrected chi connectivity index (χ1v) is 9.43. The van der Waals surface area contributed by atoms with Gasteiger partial charge in [0.15, 0.2) is 0 Å². The second-order valence-electron chi connectivity index (χ2n) is 6.62. The number of pyridine rings is 1. The maximum Gasteiger partial charge on any atom is 0.417 e. The zero-order valence-electron chi connectivity index (χ0n) is 15.6. The van der Waals surface area contributed by atoms with Gasteiger partial charge in [0.2, 0.25) is 0 Å². The number of nitrogens with zero attached hydrogens (tertiary/aromatic N) is 3. The Hall–Kier alpha value is -3.32. The van der Waals surface area contributed by atoms with Gasteiger partial charge in [-0.1, -0.05) is 48.0 Å². The Morgan fingerprint density at radius 3 is 2.53 bits per heavy atom. The summed E-state index contributed by atoms with van der Waals surface area (Å²) < 4.78 is 40.0. The lowest BCUT2D eigenvalue weighted by molar-refractivity contribution is -0.137. The van der Waals surface area contributed by atoms with Crippen molar-refractivity contribution in [3.05, 3.63) is 94.8 Å². The Kier molecular flexibility index (Phi) is 5.46. The molecule has 2 heterocycles. The van der Waals surface area contributed by atoms with Gasteiger partial charge < -0.3 is 4.57 Å². The van der Waals surface area contributed by atoms with Crippen LogP contribution in [0.5, 0.6) is 0 Å². The Morgan fingerprint density at radius 2 is 1.80 bits per heavy atom. The highest BCUT2D eigenvalue weighted by molar-refractivity contribution is 6.31. The molecule has 2 aromatic heterocycles. The van der Waals surface area contributed by atoms with Crippen LogP contribution < -0.4 is 5.43 Å². The normalized spacial score (nSPS) is 12.0. The van der Waals surface area contributed by atoms with Gasteiger partial charge in [-0.25, -0.2) is 4.98 Å². The van der Waals surface area contributed by atoms with Crippen LogP contribution in [0.1, 0.15) is 16.7 Å². The van der Waals surface area contributed by atoms with E-state index in [-0.39, 0.29) is 5.82 Å². The number of anilines is 1. The van der Waals surface area contributed by atoms with Gasteiger partial charge in [-0.15, -0.1) is 0 Å². The third-order valence-corrected chi connectivity index (χ3v) is 4.96. The second kappa shape index (κ2) is 8.20. The number of para-hydroxylation sites is 1. The molecule has 0 atom stereocenters. The minimum atomic E-state index is -4.42. The lowest BCUT2D eigenvalue weighted by Gasteiger charge is -2.07. The van der Waals surface area contributed by atoms with Gasteiger partial charge in [0.25, 0.3) is 0 Å². The summed E-state index contributed by atoms with van der Waals surface area (Å²) in [4.78, 5) is 3.74. The maximum absolute atomic E-state index is 12.6. The van der Waals surface area contributed by atoms with E-state index in [1.54, 1.807) is 6.21 Å². The van der Waals surface area contributed by atoms with Gasteiger partial charge in [0.1, 0.15) is 5.82 Å². The average Bonchev–Trinajstić information content (AvgIpc) is 3.07. The minimum Gasteiger partial charge on any atom is -0.342 e. The number of hydrazone groups is 1. The monoisotopic (exact) mass is 428 g/mol. The summed E-state index contributed by atoms with van der Waals surface area (Å²) in [6.07, 6.45) is -0.0737. The molecule has 0 aliphatic heterocycles. The summed E-state index contributed by atoms with van der Waals surface area (Å²) in [5, 5.41) is 5.82. The van der Waals surface area contributed by atoms with Crippen LogP contribution in [0.4, 0.5) is 19.0 Å². The quantitative estimate of drug-likeness (QED) is 0.303. The number of nitrogens with one attached hydrogen (secondary N) is 1. The van der Waals surface area contributed by atoms with Crippen molar-refractivity contribution in [2.75, 3.05) is 5.43 Å². The number of aromatic nitrogens is 2. The van der Waals surface area contributed by atoms with Crippen LogP contribution in [0.2, 0.25) is 5.02 Å². The van der Waals surface area contributed by atoms with Crippen LogP contribution in [0.3, 0.4) is 0 Å². The Morgan fingerprint density at radius 1 is 1.03 bits per heavy atom. The zero-order valence-corrected chi connectivity index (χ0v) is 16.3. The van der Waals surface area contributed by atoms with Crippen molar-refractivity contribution >= 4 is 34.5 Å². The maximum atomic E-state index is 12.6. The first-order chi connectivity index (χ1) is 14.4. The van der Waals surface area contributed by atoms with Crippen LogP contribution in [0, 0.1) is 0 Å². The molecule has 0 saturated carbocycles. The fourth-order valence-electron chi connectivity index (χ4n) is 3.11. The van der Waals surface area contributed by atoms with Crippen molar-refractivity contribution < 1.29 is 13.2 Å². The molecule has 0 saturated heterocycles. The fourth-order valence-corrected chi connectivity index (χ4v) is 3.31. The number of hydrogen-bond acceptors (Lipinski definition) is 3. The molecule has 0 aliphatic rings. The smallest absolute Gasteiger partial charge is 0.342 e. The molecule has 4 rings (SSSR count). The molecule has 8 heteroatoms. The van der Waals surface area contributed by atoms with E-state index in [9.17, 15) is 13.2 Å². The summed E-state index contributed by atoms with van der Waals surface area (Å²) in [5.41, 5.74) is 4.73. The van der Waals surface area contributed by atoms with Crippen molar-refractivity contribution in [3.8, 4) is 0 Å². The standard InChI is InChI=1S/C22H16ClF3N4/c23-19-7-3-1-5-15(19)13-30-14-16(18-6-2-4-8-20(18)30)11-28-29-21-10-9-17(12-27-21)22(24,25)26/h1-12,14H,13H2,(H,27,29)/b28-11-. The number of alkyl halides is 3. The molecule has 0 aliphatic carbocycles. The molecule has 0 amide bonds. The summed E-state index contributed by atoms with van der Waals surface area (Å²) in [5.74, 6) is 0.221. The van der Waals surface area contributed by atoms with E-state index in [1.165, 1.54) is 6.07 Å². The largest absolute Gasteiger partial charge is 0.417 e. The summed E-state index contributed by atoms with van der Waals surface area (Å²) in [6.45, 7) is 0.599. The summed E-state index contributed by atoms with van der Waals surface area (Å²) in [7, 11) is 0. The van der Waals surface area contributed by atoms with Gasteiger partial charge >= 0.3 is 6.18 Å². The Balaban J connectivity index is 1.56. The average molecular weight is 429 g/mol. The van der Waals surface area contributed by atoms with Crippen LogP contribution in [0.15, 0.2) is 78.2 Å². The first kappa shape index (κ1) is 20.0. The molecule has 0 radical (unpaired) electrons. The highest BCUT2D eigenvalue weighted by Crippen LogP contribution is 2.29. The van der Waals surface area contributed by atoms with Gasteiger partial charge in [-0.2, -0.15) is 18.3 Å². The third-order valence-electron chi connectivity index (χ3n) is 4.59. The highest BCUT2D eigenvalue weighted by Gasteiger charge is 2.30. The molecule has 4 aromatic rings. The highest BCUT2D eigenvalue weighted by atomic mass is 35.5. The van der Waals surface area contributed by atoms with Crippen molar-refractivity contribution in [3.63, 3.8) is 0 Å². The summed E-state index contributed by atoms with van der Waals surface area (Å²) >= 11 is 6.30. The molecular weight excluding hydrogens is 413 g/mol. The molecule has 0 spiro atoms. The number of halogens is 4. The predicted molar refractivity (Wildman–Crippen MR) is 113 cm³/mol. The summed E-state index contributed by atoms with van der Waals surface area (Å²) in [6, 6.07) is 17.7. The molecule has 0 unspecified atom stereocenters. The van der Waals surface area contributed by atoms with E-state index in [4.69, 9.17) is 11.6 Å². The van der Waals surface area contributed by atoms with E-state index in [0.717, 1.165) is 34.3 Å². The molecular formula is C22H16ClF3N4. The van der Waals surface area contributed by atoms with Gasteiger partial charge in [0, 0.05) is 40.4 Å². The molecule has 1 N–H and O–H groups in total. The van der Waals surface area contributed by atoms with Gasteiger partial charge in [0.05, 0.1) is 11.8 Å².